The summed E-state index contributed by atoms with van der Waals surface area (Å²) in [4.78, 5) is 2.45. The van der Waals surface area contributed by atoms with Crippen LogP contribution < -0.4 is 5.32 Å². The van der Waals surface area contributed by atoms with Gasteiger partial charge in [-0.25, -0.2) is 0 Å². The van der Waals surface area contributed by atoms with Gasteiger partial charge in [-0.05, 0) is 25.5 Å². The number of nitrogens with zero attached hydrogens (tertiary/aromatic N) is 1. The minimum absolute atomic E-state index is 0.893. The normalized spacial score (nSPS) is 15.9. The maximum absolute atomic E-state index is 6.13. The molecule has 1 aromatic carbocycles. The van der Waals surface area contributed by atoms with E-state index >= 15 is 0 Å². The summed E-state index contributed by atoms with van der Waals surface area (Å²) in [7, 11) is 0. The van der Waals surface area contributed by atoms with Crippen LogP contribution in [0, 0.1) is 0 Å². The van der Waals surface area contributed by atoms with Crippen molar-refractivity contribution < 1.29 is 4.42 Å². The van der Waals surface area contributed by atoms with Crippen molar-refractivity contribution in [1.29, 1.82) is 0 Å². The van der Waals surface area contributed by atoms with Gasteiger partial charge in [0, 0.05) is 30.6 Å². The van der Waals surface area contributed by atoms with E-state index in [4.69, 9.17) is 4.42 Å². The van der Waals surface area contributed by atoms with E-state index in [2.05, 4.69) is 47.5 Å². The van der Waals surface area contributed by atoms with Crippen LogP contribution in [0.3, 0.4) is 0 Å². The van der Waals surface area contributed by atoms with Crippen molar-refractivity contribution in [2.75, 3.05) is 19.6 Å². The molecule has 0 saturated carbocycles. The lowest BCUT2D eigenvalue weighted by molar-refractivity contribution is 0.266. The van der Waals surface area contributed by atoms with Gasteiger partial charge in [-0.15, -0.1) is 0 Å². The van der Waals surface area contributed by atoms with Crippen molar-refractivity contribution in [1.82, 2.24) is 10.2 Å². The molecule has 3 rings (SSSR count). The summed E-state index contributed by atoms with van der Waals surface area (Å²) >= 11 is 0. The molecule has 0 radical (unpaired) electrons. The fourth-order valence-electron chi connectivity index (χ4n) is 2.90. The van der Waals surface area contributed by atoms with Crippen LogP contribution in [0.5, 0.6) is 0 Å². The number of rotatable bonds is 6. The Labute approximate surface area is 126 Å². The summed E-state index contributed by atoms with van der Waals surface area (Å²) < 4.78 is 6.13. The van der Waals surface area contributed by atoms with Crippen molar-refractivity contribution in [3.8, 4) is 0 Å². The van der Waals surface area contributed by atoms with E-state index in [1.54, 1.807) is 0 Å². The molecular formula is C18H24N2O. The summed E-state index contributed by atoms with van der Waals surface area (Å²) in [6.07, 6.45) is 6.81. The lowest BCUT2D eigenvalue weighted by atomic mass is 10.1. The average Bonchev–Trinajstić information content (AvgIpc) is 2.86. The van der Waals surface area contributed by atoms with Gasteiger partial charge >= 0.3 is 0 Å². The first-order valence-corrected chi connectivity index (χ1v) is 7.96. The van der Waals surface area contributed by atoms with Gasteiger partial charge in [0.1, 0.15) is 11.3 Å². The lowest BCUT2D eigenvalue weighted by Gasteiger charge is -2.22. The smallest absolute Gasteiger partial charge is 0.134 e. The van der Waals surface area contributed by atoms with Crippen LogP contribution >= 0.6 is 0 Å². The van der Waals surface area contributed by atoms with Crippen LogP contribution in [0.25, 0.3) is 11.0 Å². The van der Waals surface area contributed by atoms with E-state index in [9.17, 15) is 0 Å². The Kier molecular flexibility index (Phi) is 4.73. The average molecular weight is 284 g/mol. The van der Waals surface area contributed by atoms with Crippen molar-refractivity contribution in [3.05, 3.63) is 47.7 Å². The summed E-state index contributed by atoms with van der Waals surface area (Å²) in [6.45, 7) is 7.19. The molecule has 1 aromatic heterocycles. The first kappa shape index (κ1) is 14.4. The fraction of sp³-hybridized carbons (Fsp3) is 0.444. The molecule has 1 aliphatic rings. The van der Waals surface area contributed by atoms with Gasteiger partial charge in [0.15, 0.2) is 0 Å². The predicted molar refractivity (Wildman–Crippen MR) is 87.2 cm³/mol. The molecule has 0 fully saturated rings. The fourth-order valence-corrected chi connectivity index (χ4v) is 2.90. The van der Waals surface area contributed by atoms with E-state index in [0.29, 0.717) is 0 Å². The summed E-state index contributed by atoms with van der Waals surface area (Å²) in [5.41, 5.74) is 2.34. The molecule has 0 amide bonds. The Morgan fingerprint density at radius 1 is 1.24 bits per heavy atom. The van der Waals surface area contributed by atoms with Crippen LogP contribution in [0.2, 0.25) is 0 Å². The minimum Gasteiger partial charge on any atom is -0.459 e. The molecule has 2 aromatic rings. The molecule has 0 bridgehead atoms. The lowest BCUT2D eigenvalue weighted by Crippen LogP contribution is -2.27. The molecule has 2 heterocycles. The SMILES string of the molecule is CCCNCc1c(CN2CC=CCC2)oc2ccccc12. The zero-order valence-electron chi connectivity index (χ0n) is 12.8. The third-order valence-electron chi connectivity index (χ3n) is 4.02. The molecule has 1 aliphatic heterocycles. The molecule has 0 atom stereocenters. The highest BCUT2D eigenvalue weighted by Crippen LogP contribution is 2.27. The topological polar surface area (TPSA) is 28.4 Å². The Balaban J connectivity index is 1.84. The number of hydrogen-bond acceptors (Lipinski definition) is 3. The number of nitrogens with one attached hydrogen (secondary N) is 1. The Hall–Kier alpha value is -1.58. The van der Waals surface area contributed by atoms with Gasteiger partial charge in [0.25, 0.3) is 0 Å². The second kappa shape index (κ2) is 6.92. The number of para-hydroxylation sites is 1. The van der Waals surface area contributed by atoms with E-state index in [0.717, 1.165) is 56.9 Å². The first-order valence-electron chi connectivity index (χ1n) is 7.96. The summed E-state index contributed by atoms with van der Waals surface area (Å²) in [6, 6.07) is 8.37. The van der Waals surface area contributed by atoms with Crippen LogP contribution in [-0.4, -0.2) is 24.5 Å². The molecule has 0 aliphatic carbocycles. The molecule has 3 nitrogen and oxygen atoms in total. The second-order valence-electron chi connectivity index (χ2n) is 5.67. The number of fused-ring (bicyclic) bond motifs is 1. The summed E-state index contributed by atoms with van der Waals surface area (Å²) in [5.74, 6) is 1.12. The molecule has 0 spiro atoms. The highest BCUT2D eigenvalue weighted by Gasteiger charge is 2.16. The van der Waals surface area contributed by atoms with Gasteiger partial charge in [-0.2, -0.15) is 0 Å². The monoisotopic (exact) mass is 284 g/mol. The predicted octanol–water partition coefficient (Wildman–Crippen LogP) is 3.69. The first-order chi connectivity index (χ1) is 10.4. The third kappa shape index (κ3) is 3.36. The number of furan rings is 1. The maximum atomic E-state index is 6.13. The quantitative estimate of drug-likeness (QED) is 0.647. The molecule has 1 N–H and O–H groups in total. The molecule has 0 saturated heterocycles. The van der Waals surface area contributed by atoms with E-state index in [-0.39, 0.29) is 0 Å². The van der Waals surface area contributed by atoms with Crippen molar-refractivity contribution in [3.63, 3.8) is 0 Å². The van der Waals surface area contributed by atoms with E-state index in [1.165, 1.54) is 10.9 Å². The zero-order valence-corrected chi connectivity index (χ0v) is 12.8. The minimum atomic E-state index is 0.893. The number of hydrogen-bond donors (Lipinski definition) is 1. The molecule has 0 unspecified atom stereocenters. The van der Waals surface area contributed by atoms with Crippen LogP contribution in [0.4, 0.5) is 0 Å². The molecular weight excluding hydrogens is 260 g/mol. The maximum Gasteiger partial charge on any atom is 0.134 e. The van der Waals surface area contributed by atoms with Gasteiger partial charge in [0.2, 0.25) is 0 Å². The van der Waals surface area contributed by atoms with Crippen molar-refractivity contribution in [2.24, 2.45) is 0 Å². The van der Waals surface area contributed by atoms with Crippen molar-refractivity contribution >= 4 is 11.0 Å². The molecule has 112 valence electrons. The standard InChI is InChI=1S/C18H24N2O/c1-2-10-19-13-16-15-8-4-5-9-17(15)21-18(16)14-20-11-6-3-7-12-20/h3-6,8-9,19H,2,7,10-14H2,1H3. The second-order valence-corrected chi connectivity index (χ2v) is 5.67. The Bertz CT molecular complexity index is 615. The Morgan fingerprint density at radius 3 is 2.95 bits per heavy atom. The molecule has 21 heavy (non-hydrogen) atoms. The highest BCUT2D eigenvalue weighted by molar-refractivity contribution is 5.82. The van der Waals surface area contributed by atoms with Crippen LogP contribution in [0.15, 0.2) is 40.8 Å². The van der Waals surface area contributed by atoms with Gasteiger partial charge < -0.3 is 9.73 Å². The largest absolute Gasteiger partial charge is 0.459 e. The molecule has 3 heteroatoms. The summed E-state index contributed by atoms with van der Waals surface area (Å²) in [5, 5.41) is 4.77. The van der Waals surface area contributed by atoms with E-state index < -0.39 is 0 Å². The zero-order chi connectivity index (χ0) is 14.5. The third-order valence-corrected chi connectivity index (χ3v) is 4.02. The van der Waals surface area contributed by atoms with Gasteiger partial charge in [-0.3, -0.25) is 4.90 Å². The van der Waals surface area contributed by atoms with Gasteiger partial charge in [-0.1, -0.05) is 37.3 Å². The van der Waals surface area contributed by atoms with E-state index in [1.807, 2.05) is 6.07 Å². The van der Waals surface area contributed by atoms with Crippen molar-refractivity contribution in [2.45, 2.75) is 32.9 Å². The van der Waals surface area contributed by atoms with Crippen LogP contribution in [0.1, 0.15) is 31.1 Å². The Morgan fingerprint density at radius 2 is 2.14 bits per heavy atom. The number of benzene rings is 1. The van der Waals surface area contributed by atoms with Crippen LogP contribution in [-0.2, 0) is 13.1 Å². The van der Waals surface area contributed by atoms with Gasteiger partial charge in [0.05, 0.1) is 6.54 Å². The highest BCUT2D eigenvalue weighted by atomic mass is 16.3.